The normalized spacial score (nSPS) is 16.9. The molecule has 10 heteroatoms. The largest absolute Gasteiger partial charge is 0.496 e. The first-order valence-electron chi connectivity index (χ1n) is 11.8. The van der Waals surface area contributed by atoms with Gasteiger partial charge in [-0.25, -0.2) is 8.42 Å². The van der Waals surface area contributed by atoms with Gasteiger partial charge in [-0.05, 0) is 54.3 Å². The van der Waals surface area contributed by atoms with Crippen LogP contribution in [0.3, 0.4) is 0 Å². The van der Waals surface area contributed by atoms with E-state index in [0.717, 1.165) is 24.2 Å². The maximum atomic E-state index is 13.0. The number of anilines is 1. The molecular formula is C25H31N3O6S. The van der Waals surface area contributed by atoms with E-state index in [1.54, 1.807) is 17.0 Å². The molecule has 0 aromatic heterocycles. The number of ether oxygens (including phenoxy) is 2. The van der Waals surface area contributed by atoms with Gasteiger partial charge in [0.2, 0.25) is 21.8 Å². The first-order chi connectivity index (χ1) is 16.9. The molecule has 0 atom stereocenters. The second-order valence-electron chi connectivity index (χ2n) is 8.59. The number of methoxy groups -OCH3 is 1. The second-order valence-corrected chi connectivity index (χ2v) is 10.5. The van der Waals surface area contributed by atoms with Crippen LogP contribution in [0.15, 0.2) is 47.4 Å². The Kier molecular flexibility index (Phi) is 8.04. The predicted molar refractivity (Wildman–Crippen MR) is 131 cm³/mol. The molecule has 2 aromatic carbocycles. The summed E-state index contributed by atoms with van der Waals surface area (Å²) < 4.78 is 38.1. The molecule has 4 rings (SSSR count). The van der Waals surface area contributed by atoms with Crippen molar-refractivity contribution < 1.29 is 27.5 Å². The summed E-state index contributed by atoms with van der Waals surface area (Å²) in [6, 6.07) is 12.4. The Morgan fingerprint density at radius 3 is 2.63 bits per heavy atom. The highest BCUT2D eigenvalue weighted by atomic mass is 32.2. The number of sulfonamides is 1. The van der Waals surface area contributed by atoms with Crippen molar-refractivity contribution in [3.8, 4) is 5.75 Å². The van der Waals surface area contributed by atoms with Crippen LogP contribution in [0.4, 0.5) is 5.69 Å². The zero-order valence-electron chi connectivity index (χ0n) is 19.9. The molecule has 2 aromatic rings. The molecule has 35 heavy (non-hydrogen) atoms. The molecular weight excluding hydrogens is 470 g/mol. The van der Waals surface area contributed by atoms with Crippen molar-refractivity contribution in [1.29, 1.82) is 0 Å². The Balaban J connectivity index is 1.37. The lowest BCUT2D eigenvalue weighted by Crippen LogP contribution is -2.40. The Bertz CT molecular complexity index is 1180. The van der Waals surface area contributed by atoms with E-state index in [1.807, 2.05) is 24.3 Å². The SMILES string of the molecule is COc1ccc(S(=O)(=O)N2CCOCC2)cc1CCC(=O)NCc1cccc(N2CCCC2=O)c1. The molecule has 2 aliphatic heterocycles. The van der Waals surface area contributed by atoms with Gasteiger partial charge in [-0.3, -0.25) is 9.59 Å². The number of amides is 2. The van der Waals surface area contributed by atoms with Crippen LogP contribution in [0.5, 0.6) is 5.75 Å². The molecule has 0 radical (unpaired) electrons. The number of rotatable bonds is 9. The number of nitrogens with zero attached hydrogens (tertiary/aromatic N) is 2. The van der Waals surface area contributed by atoms with E-state index in [4.69, 9.17) is 9.47 Å². The molecule has 2 amide bonds. The van der Waals surface area contributed by atoms with E-state index in [9.17, 15) is 18.0 Å². The summed E-state index contributed by atoms with van der Waals surface area (Å²) in [5, 5.41) is 2.91. The second kappa shape index (κ2) is 11.2. The highest BCUT2D eigenvalue weighted by molar-refractivity contribution is 7.89. The lowest BCUT2D eigenvalue weighted by atomic mass is 10.1. The fourth-order valence-corrected chi connectivity index (χ4v) is 5.80. The molecule has 0 aliphatic carbocycles. The van der Waals surface area contributed by atoms with Crippen LogP contribution in [0.2, 0.25) is 0 Å². The minimum atomic E-state index is -3.64. The number of carbonyl (C=O) groups is 2. The summed E-state index contributed by atoms with van der Waals surface area (Å²) in [5.74, 6) is 0.510. The van der Waals surface area contributed by atoms with Gasteiger partial charge < -0.3 is 19.7 Å². The van der Waals surface area contributed by atoms with E-state index in [-0.39, 0.29) is 23.1 Å². The summed E-state index contributed by atoms with van der Waals surface area (Å²) in [6.07, 6.45) is 1.95. The van der Waals surface area contributed by atoms with Crippen LogP contribution in [0.1, 0.15) is 30.4 Å². The third-order valence-electron chi connectivity index (χ3n) is 6.27. The molecule has 0 spiro atoms. The van der Waals surface area contributed by atoms with Gasteiger partial charge in [0, 0.05) is 44.7 Å². The average molecular weight is 502 g/mol. The van der Waals surface area contributed by atoms with Gasteiger partial charge in [0.15, 0.2) is 0 Å². The summed E-state index contributed by atoms with van der Waals surface area (Å²) >= 11 is 0. The highest BCUT2D eigenvalue weighted by Gasteiger charge is 2.27. The predicted octanol–water partition coefficient (Wildman–Crippen LogP) is 2.09. The first kappa shape index (κ1) is 25.2. The van der Waals surface area contributed by atoms with Gasteiger partial charge in [0.1, 0.15) is 5.75 Å². The highest BCUT2D eigenvalue weighted by Crippen LogP contribution is 2.26. The van der Waals surface area contributed by atoms with E-state index >= 15 is 0 Å². The van der Waals surface area contributed by atoms with Crippen LogP contribution < -0.4 is 15.0 Å². The van der Waals surface area contributed by atoms with Crippen LogP contribution in [0.25, 0.3) is 0 Å². The van der Waals surface area contributed by atoms with E-state index < -0.39 is 10.0 Å². The van der Waals surface area contributed by atoms with Crippen LogP contribution in [-0.4, -0.2) is 64.5 Å². The first-order valence-corrected chi connectivity index (χ1v) is 13.2. The van der Waals surface area contributed by atoms with Crippen molar-refractivity contribution in [2.24, 2.45) is 0 Å². The monoisotopic (exact) mass is 501 g/mol. The summed E-state index contributed by atoms with van der Waals surface area (Å²) in [6.45, 7) is 2.45. The van der Waals surface area contributed by atoms with Crippen molar-refractivity contribution in [3.05, 3.63) is 53.6 Å². The third kappa shape index (κ3) is 6.01. The number of aryl methyl sites for hydroxylation is 1. The number of hydrogen-bond acceptors (Lipinski definition) is 6. The summed E-state index contributed by atoms with van der Waals surface area (Å²) in [7, 11) is -2.12. The Morgan fingerprint density at radius 2 is 1.91 bits per heavy atom. The van der Waals surface area contributed by atoms with Crippen molar-refractivity contribution in [3.63, 3.8) is 0 Å². The number of hydrogen-bond donors (Lipinski definition) is 1. The number of nitrogens with one attached hydrogen (secondary N) is 1. The average Bonchev–Trinajstić information content (AvgIpc) is 3.32. The maximum Gasteiger partial charge on any atom is 0.243 e. The summed E-state index contributed by atoms with van der Waals surface area (Å²) in [5.41, 5.74) is 2.42. The topological polar surface area (TPSA) is 105 Å². The molecule has 188 valence electrons. The van der Waals surface area contributed by atoms with Crippen molar-refractivity contribution in [2.75, 3.05) is 44.9 Å². The maximum absolute atomic E-state index is 13.0. The van der Waals surface area contributed by atoms with Crippen LogP contribution in [-0.2, 0) is 37.3 Å². The van der Waals surface area contributed by atoms with Crippen molar-refractivity contribution in [1.82, 2.24) is 9.62 Å². The van der Waals surface area contributed by atoms with Gasteiger partial charge >= 0.3 is 0 Å². The van der Waals surface area contributed by atoms with Crippen LogP contribution >= 0.6 is 0 Å². The smallest absolute Gasteiger partial charge is 0.243 e. The van der Waals surface area contributed by atoms with Gasteiger partial charge in [-0.2, -0.15) is 4.31 Å². The quantitative estimate of drug-likeness (QED) is 0.564. The minimum Gasteiger partial charge on any atom is -0.496 e. The molecule has 2 fully saturated rings. The standard InChI is InChI=1S/C25H31N3O6S/c1-33-23-9-8-22(35(31,32)27-12-14-34-15-13-27)17-20(23)7-10-24(29)26-18-19-4-2-5-21(16-19)28-11-3-6-25(28)30/h2,4-5,8-9,16-17H,3,6-7,10-15,18H2,1H3,(H,26,29). The molecule has 2 saturated heterocycles. The number of carbonyl (C=O) groups excluding carboxylic acids is 2. The van der Waals surface area contributed by atoms with Crippen molar-refractivity contribution >= 4 is 27.5 Å². The fourth-order valence-electron chi connectivity index (χ4n) is 4.34. The molecule has 0 saturated carbocycles. The Hall–Kier alpha value is -2.95. The van der Waals surface area contributed by atoms with Crippen LogP contribution in [0, 0.1) is 0 Å². The van der Waals surface area contributed by atoms with Crippen molar-refractivity contribution in [2.45, 2.75) is 37.1 Å². The molecule has 0 unspecified atom stereocenters. The van der Waals surface area contributed by atoms with E-state index in [2.05, 4.69) is 5.32 Å². The van der Waals surface area contributed by atoms with E-state index in [0.29, 0.717) is 57.0 Å². The molecule has 0 bridgehead atoms. The summed E-state index contributed by atoms with van der Waals surface area (Å²) in [4.78, 5) is 26.5. The number of benzene rings is 2. The molecule has 1 N–H and O–H groups in total. The molecule has 2 heterocycles. The molecule has 2 aliphatic rings. The van der Waals surface area contributed by atoms with Gasteiger partial charge in [-0.15, -0.1) is 0 Å². The Labute approximate surface area is 206 Å². The van der Waals surface area contributed by atoms with Gasteiger partial charge in [-0.1, -0.05) is 12.1 Å². The van der Waals surface area contributed by atoms with Gasteiger partial charge in [0.25, 0.3) is 0 Å². The minimum absolute atomic E-state index is 0.123. The van der Waals surface area contributed by atoms with E-state index in [1.165, 1.54) is 17.5 Å². The molecule has 9 nitrogen and oxygen atoms in total. The fraction of sp³-hybridized carbons (Fsp3) is 0.440. The zero-order valence-corrected chi connectivity index (χ0v) is 20.7. The zero-order chi connectivity index (χ0) is 24.8. The Morgan fingerprint density at radius 1 is 1.11 bits per heavy atom. The lowest BCUT2D eigenvalue weighted by Gasteiger charge is -2.26. The van der Waals surface area contributed by atoms with Gasteiger partial charge in [0.05, 0.1) is 25.2 Å². The lowest BCUT2D eigenvalue weighted by molar-refractivity contribution is -0.121. The third-order valence-corrected chi connectivity index (χ3v) is 8.16. The number of morpholine rings is 1.